The van der Waals surface area contributed by atoms with E-state index in [2.05, 4.69) is 118 Å². The first-order valence-corrected chi connectivity index (χ1v) is 14.6. The van der Waals surface area contributed by atoms with Crippen molar-refractivity contribution in [3.05, 3.63) is 151 Å². The minimum atomic E-state index is -0.406. The van der Waals surface area contributed by atoms with Crippen LogP contribution in [0.3, 0.4) is 0 Å². The fourth-order valence-corrected chi connectivity index (χ4v) is 5.35. The van der Waals surface area contributed by atoms with E-state index in [0.29, 0.717) is 0 Å². The molecular formula is C38H35N5O. The number of methoxy groups -OCH3 is 1. The Labute approximate surface area is 259 Å². The number of nitrogens with zero attached hydrogens (tertiary/aromatic N) is 5. The maximum Gasteiger partial charge on any atom is 0.132 e. The van der Waals surface area contributed by atoms with Crippen molar-refractivity contribution in [3.63, 3.8) is 0 Å². The van der Waals surface area contributed by atoms with Gasteiger partial charge in [0.25, 0.3) is 0 Å². The molecule has 0 amide bonds. The van der Waals surface area contributed by atoms with Gasteiger partial charge in [-0.2, -0.15) is 0 Å². The summed E-state index contributed by atoms with van der Waals surface area (Å²) in [6.07, 6.45) is 7.39. The van der Waals surface area contributed by atoms with Gasteiger partial charge in [0.1, 0.15) is 11.6 Å². The molecule has 0 aliphatic heterocycles. The number of hydrogen-bond donors (Lipinski definition) is 0. The number of para-hydroxylation sites is 2. The molecule has 6 heteroatoms. The maximum absolute atomic E-state index is 5.45. The zero-order valence-electron chi connectivity index (χ0n) is 25.4. The summed E-state index contributed by atoms with van der Waals surface area (Å²) in [6.45, 7) is 4.48. The van der Waals surface area contributed by atoms with Crippen molar-refractivity contribution in [1.82, 2.24) is 15.0 Å². The second-order valence-electron chi connectivity index (χ2n) is 11.2. The summed E-state index contributed by atoms with van der Waals surface area (Å²) in [6, 6.07) is 39.6. The molecule has 0 saturated heterocycles. The summed E-state index contributed by atoms with van der Waals surface area (Å²) >= 11 is 0. The lowest BCUT2D eigenvalue weighted by Crippen LogP contribution is -2.22. The molecule has 6 nitrogen and oxygen atoms in total. The molecule has 218 valence electrons. The minimum Gasteiger partial charge on any atom is -0.497 e. The van der Waals surface area contributed by atoms with E-state index in [0.717, 1.165) is 56.7 Å². The lowest BCUT2D eigenvalue weighted by atomic mass is 9.78. The van der Waals surface area contributed by atoms with Gasteiger partial charge in [0, 0.05) is 71.6 Å². The molecule has 0 saturated carbocycles. The van der Waals surface area contributed by atoms with Crippen LogP contribution in [0.15, 0.2) is 140 Å². The number of ether oxygens (including phenoxy) is 1. The van der Waals surface area contributed by atoms with Gasteiger partial charge in [-0.3, -0.25) is 9.97 Å². The zero-order chi connectivity index (χ0) is 30.5. The van der Waals surface area contributed by atoms with Crippen LogP contribution in [0.5, 0.6) is 5.75 Å². The van der Waals surface area contributed by atoms with Crippen LogP contribution in [0.4, 0.5) is 28.6 Å². The Morgan fingerprint density at radius 2 is 1.30 bits per heavy atom. The van der Waals surface area contributed by atoms with Crippen LogP contribution >= 0.6 is 0 Å². The highest BCUT2D eigenvalue weighted by Crippen LogP contribution is 2.42. The van der Waals surface area contributed by atoms with Gasteiger partial charge in [-0.05, 0) is 77.9 Å². The summed E-state index contributed by atoms with van der Waals surface area (Å²) in [4.78, 5) is 18.3. The number of hydrogen-bond acceptors (Lipinski definition) is 6. The topological polar surface area (TPSA) is 54.4 Å². The normalized spacial score (nSPS) is 11.2. The van der Waals surface area contributed by atoms with Crippen LogP contribution in [0.1, 0.15) is 25.0 Å². The van der Waals surface area contributed by atoms with Crippen molar-refractivity contribution in [1.29, 1.82) is 0 Å². The lowest BCUT2D eigenvalue weighted by molar-refractivity contribution is 0.414. The summed E-state index contributed by atoms with van der Waals surface area (Å²) < 4.78 is 5.45. The predicted octanol–water partition coefficient (Wildman–Crippen LogP) is 9.11. The fourth-order valence-electron chi connectivity index (χ4n) is 5.35. The largest absolute Gasteiger partial charge is 0.497 e. The average Bonchev–Trinajstić information content (AvgIpc) is 3.09. The van der Waals surface area contributed by atoms with Gasteiger partial charge in [-0.25, -0.2) is 4.98 Å². The van der Waals surface area contributed by atoms with E-state index in [1.165, 1.54) is 0 Å². The van der Waals surface area contributed by atoms with Crippen molar-refractivity contribution in [2.45, 2.75) is 19.3 Å². The summed E-state index contributed by atoms with van der Waals surface area (Å²) in [5.74, 6) is 1.63. The zero-order valence-corrected chi connectivity index (χ0v) is 25.4. The Morgan fingerprint density at radius 3 is 1.95 bits per heavy atom. The Balaban J connectivity index is 1.52. The van der Waals surface area contributed by atoms with Gasteiger partial charge < -0.3 is 14.5 Å². The molecule has 3 aromatic heterocycles. The Bertz CT molecular complexity index is 1800. The molecule has 44 heavy (non-hydrogen) atoms. The van der Waals surface area contributed by atoms with Gasteiger partial charge in [0.15, 0.2) is 0 Å². The molecule has 0 fully saturated rings. The molecule has 0 bridgehead atoms. The van der Waals surface area contributed by atoms with Gasteiger partial charge >= 0.3 is 0 Å². The molecule has 3 heterocycles. The molecule has 0 atom stereocenters. The van der Waals surface area contributed by atoms with Gasteiger partial charge in [0.2, 0.25) is 0 Å². The van der Waals surface area contributed by atoms with E-state index < -0.39 is 5.41 Å². The molecule has 0 spiro atoms. The van der Waals surface area contributed by atoms with Crippen molar-refractivity contribution >= 4 is 28.6 Å². The Morgan fingerprint density at radius 1 is 0.614 bits per heavy atom. The third-order valence-corrected chi connectivity index (χ3v) is 8.01. The van der Waals surface area contributed by atoms with Gasteiger partial charge in [-0.1, -0.05) is 56.3 Å². The van der Waals surface area contributed by atoms with Gasteiger partial charge in [-0.15, -0.1) is 0 Å². The Hall–Kier alpha value is -5.49. The SMILES string of the molecule is COc1ccnc(-c2cncc(C(C)(C)c3cc(N(C)c4ccccn4)cc(N(c4ccccc4)c4ccccc4)c3)c2)c1. The van der Waals surface area contributed by atoms with Crippen LogP contribution < -0.4 is 14.5 Å². The molecule has 3 aromatic carbocycles. The number of rotatable bonds is 9. The first-order valence-electron chi connectivity index (χ1n) is 14.6. The van der Waals surface area contributed by atoms with Crippen molar-refractivity contribution in [3.8, 4) is 17.0 Å². The van der Waals surface area contributed by atoms with Crippen LogP contribution in [0.25, 0.3) is 11.3 Å². The summed E-state index contributed by atoms with van der Waals surface area (Å²) in [5.41, 5.74) is 7.79. The Kier molecular flexibility index (Phi) is 8.06. The highest BCUT2D eigenvalue weighted by molar-refractivity contribution is 5.80. The number of pyridine rings is 3. The lowest BCUT2D eigenvalue weighted by Gasteiger charge is -2.32. The van der Waals surface area contributed by atoms with Crippen molar-refractivity contribution in [2.24, 2.45) is 0 Å². The van der Waals surface area contributed by atoms with Crippen LogP contribution in [-0.2, 0) is 5.41 Å². The van der Waals surface area contributed by atoms with E-state index in [9.17, 15) is 0 Å². The summed E-state index contributed by atoms with van der Waals surface area (Å²) in [5, 5.41) is 0. The standard InChI is InChI=1S/C38H35N5O/c1-38(2,30-21-28(26-39-27-30)36-25-35(44-4)18-20-40-36)29-22-33(42(3)37-17-11-12-19-41-37)24-34(23-29)43(31-13-7-5-8-14-31)32-15-9-6-10-16-32/h5-27H,1-4H3. The first kappa shape index (κ1) is 28.6. The molecule has 0 radical (unpaired) electrons. The fraction of sp³-hybridized carbons (Fsp3) is 0.132. The van der Waals surface area contributed by atoms with E-state index in [1.54, 1.807) is 13.3 Å². The minimum absolute atomic E-state index is 0.406. The molecule has 6 aromatic rings. The van der Waals surface area contributed by atoms with Crippen LogP contribution in [0, 0.1) is 0 Å². The highest BCUT2D eigenvalue weighted by Gasteiger charge is 2.27. The highest BCUT2D eigenvalue weighted by atomic mass is 16.5. The van der Waals surface area contributed by atoms with Crippen LogP contribution in [0.2, 0.25) is 0 Å². The second-order valence-corrected chi connectivity index (χ2v) is 11.2. The van der Waals surface area contributed by atoms with Crippen molar-refractivity contribution < 1.29 is 4.74 Å². The van der Waals surface area contributed by atoms with Crippen molar-refractivity contribution in [2.75, 3.05) is 24.0 Å². The monoisotopic (exact) mass is 577 g/mol. The molecule has 0 unspecified atom stereocenters. The first-order chi connectivity index (χ1) is 21.4. The molecule has 0 aliphatic carbocycles. The molecular weight excluding hydrogens is 542 g/mol. The molecule has 0 N–H and O–H groups in total. The van der Waals surface area contributed by atoms with E-state index in [1.807, 2.05) is 61.1 Å². The third kappa shape index (κ3) is 5.88. The average molecular weight is 578 g/mol. The maximum atomic E-state index is 5.45. The molecule has 0 aliphatic rings. The quantitative estimate of drug-likeness (QED) is 0.171. The smallest absolute Gasteiger partial charge is 0.132 e. The number of aromatic nitrogens is 3. The number of benzene rings is 3. The molecule has 6 rings (SSSR count). The van der Waals surface area contributed by atoms with E-state index in [4.69, 9.17) is 4.74 Å². The van der Waals surface area contributed by atoms with Crippen LogP contribution in [-0.4, -0.2) is 29.1 Å². The third-order valence-electron chi connectivity index (χ3n) is 8.01. The van der Waals surface area contributed by atoms with E-state index >= 15 is 0 Å². The second kappa shape index (κ2) is 12.4. The van der Waals surface area contributed by atoms with Gasteiger partial charge in [0.05, 0.1) is 12.8 Å². The summed E-state index contributed by atoms with van der Waals surface area (Å²) in [7, 11) is 3.72. The number of anilines is 5. The van der Waals surface area contributed by atoms with E-state index in [-0.39, 0.29) is 0 Å². The predicted molar refractivity (Wildman–Crippen MR) is 180 cm³/mol.